The van der Waals surface area contributed by atoms with Gasteiger partial charge < -0.3 is 4.74 Å². The summed E-state index contributed by atoms with van der Waals surface area (Å²) < 4.78 is 29.6. The number of ether oxygens (including phenoxy) is 1. The van der Waals surface area contributed by atoms with E-state index in [1.807, 2.05) is 0 Å². The van der Waals surface area contributed by atoms with Crippen molar-refractivity contribution in [3.63, 3.8) is 0 Å². The first-order chi connectivity index (χ1) is 7.50. The van der Waals surface area contributed by atoms with E-state index in [0.29, 0.717) is 6.54 Å². The molecule has 1 aromatic heterocycles. The van der Waals surface area contributed by atoms with Gasteiger partial charge in [0.05, 0.1) is 19.9 Å². The van der Waals surface area contributed by atoms with Gasteiger partial charge in [-0.2, -0.15) is 9.90 Å². The predicted molar refractivity (Wildman–Crippen MR) is 49.0 cm³/mol. The summed E-state index contributed by atoms with van der Waals surface area (Å²) in [6, 6.07) is 0. The lowest BCUT2D eigenvalue weighted by Crippen LogP contribution is -2.38. The zero-order chi connectivity index (χ0) is 11.8. The SMILES string of the molecule is COC(=O)c1cnn(CC2CC(F)(F)C2)n1. The highest BCUT2D eigenvalue weighted by atomic mass is 19.3. The number of halogens is 2. The van der Waals surface area contributed by atoms with Crippen molar-refractivity contribution >= 4 is 5.97 Å². The first-order valence-corrected chi connectivity index (χ1v) is 4.86. The molecule has 1 aliphatic rings. The number of carbonyl (C=O) groups excluding carboxylic acids is 1. The van der Waals surface area contributed by atoms with Crippen molar-refractivity contribution in [2.45, 2.75) is 25.3 Å². The smallest absolute Gasteiger partial charge is 0.360 e. The lowest BCUT2D eigenvalue weighted by Gasteiger charge is -2.34. The molecule has 1 aliphatic carbocycles. The number of hydrogen-bond acceptors (Lipinski definition) is 4. The monoisotopic (exact) mass is 231 g/mol. The van der Waals surface area contributed by atoms with Crippen LogP contribution >= 0.6 is 0 Å². The number of rotatable bonds is 3. The molecule has 0 bridgehead atoms. The maximum Gasteiger partial charge on any atom is 0.360 e. The standard InChI is InChI=1S/C9H11F2N3O2/c1-16-8(15)7-4-12-14(13-7)5-6-2-9(10,11)3-6/h4,6H,2-3,5H2,1H3. The molecule has 0 amide bonds. The highest BCUT2D eigenvalue weighted by Gasteiger charge is 2.45. The molecule has 0 spiro atoms. The van der Waals surface area contributed by atoms with E-state index in [0.717, 1.165) is 0 Å². The second kappa shape index (κ2) is 3.80. The van der Waals surface area contributed by atoms with Gasteiger partial charge in [-0.1, -0.05) is 0 Å². The maximum absolute atomic E-state index is 12.6. The van der Waals surface area contributed by atoms with E-state index in [2.05, 4.69) is 14.9 Å². The van der Waals surface area contributed by atoms with Crippen molar-refractivity contribution in [3.05, 3.63) is 11.9 Å². The Kier molecular flexibility index (Phi) is 2.61. The molecule has 1 fully saturated rings. The highest BCUT2D eigenvalue weighted by Crippen LogP contribution is 2.42. The van der Waals surface area contributed by atoms with Gasteiger partial charge in [0, 0.05) is 12.8 Å². The number of nitrogens with zero attached hydrogens (tertiary/aromatic N) is 3. The van der Waals surface area contributed by atoms with Crippen molar-refractivity contribution in [1.29, 1.82) is 0 Å². The van der Waals surface area contributed by atoms with E-state index in [1.165, 1.54) is 18.1 Å². The average molecular weight is 231 g/mol. The molecule has 0 aromatic carbocycles. The molecule has 0 aliphatic heterocycles. The number of alkyl halides is 2. The van der Waals surface area contributed by atoms with Crippen LogP contribution in [-0.4, -0.2) is 34.0 Å². The van der Waals surface area contributed by atoms with Gasteiger partial charge in [0.2, 0.25) is 5.92 Å². The van der Waals surface area contributed by atoms with E-state index >= 15 is 0 Å². The second-order valence-corrected chi connectivity index (χ2v) is 3.91. The first kappa shape index (κ1) is 11.0. The van der Waals surface area contributed by atoms with Gasteiger partial charge in [0.1, 0.15) is 0 Å². The van der Waals surface area contributed by atoms with Crippen LogP contribution in [0.5, 0.6) is 0 Å². The molecule has 16 heavy (non-hydrogen) atoms. The Morgan fingerprint density at radius 2 is 2.38 bits per heavy atom. The Bertz CT molecular complexity index is 397. The zero-order valence-electron chi connectivity index (χ0n) is 8.69. The first-order valence-electron chi connectivity index (χ1n) is 4.86. The Morgan fingerprint density at radius 1 is 1.69 bits per heavy atom. The molecule has 0 atom stereocenters. The number of carbonyl (C=O) groups is 1. The molecule has 1 aromatic rings. The Morgan fingerprint density at radius 3 is 2.94 bits per heavy atom. The molecule has 0 unspecified atom stereocenters. The third kappa shape index (κ3) is 2.17. The fraction of sp³-hybridized carbons (Fsp3) is 0.667. The zero-order valence-corrected chi connectivity index (χ0v) is 8.69. The Hall–Kier alpha value is -1.53. The minimum Gasteiger partial charge on any atom is -0.464 e. The van der Waals surface area contributed by atoms with Crippen LogP contribution in [0.4, 0.5) is 8.78 Å². The summed E-state index contributed by atoms with van der Waals surface area (Å²) in [4.78, 5) is 12.3. The van der Waals surface area contributed by atoms with Crippen LogP contribution in [0.2, 0.25) is 0 Å². The summed E-state index contributed by atoms with van der Waals surface area (Å²) in [6.07, 6.45) is 0.993. The van der Waals surface area contributed by atoms with Crippen LogP contribution in [0.3, 0.4) is 0 Å². The third-order valence-corrected chi connectivity index (χ3v) is 2.53. The van der Waals surface area contributed by atoms with E-state index in [4.69, 9.17) is 0 Å². The Balaban J connectivity index is 1.91. The van der Waals surface area contributed by atoms with E-state index < -0.39 is 11.9 Å². The largest absolute Gasteiger partial charge is 0.464 e. The van der Waals surface area contributed by atoms with E-state index in [-0.39, 0.29) is 24.5 Å². The molecular weight excluding hydrogens is 220 g/mol. The predicted octanol–water partition coefficient (Wildman–Crippen LogP) is 1.11. The molecule has 0 saturated heterocycles. The number of hydrogen-bond donors (Lipinski definition) is 0. The van der Waals surface area contributed by atoms with Gasteiger partial charge in [-0.3, -0.25) is 0 Å². The molecule has 1 heterocycles. The van der Waals surface area contributed by atoms with Crippen molar-refractivity contribution < 1.29 is 18.3 Å². The summed E-state index contributed by atoms with van der Waals surface area (Å²) in [5.74, 6) is -3.23. The van der Waals surface area contributed by atoms with Crippen LogP contribution in [0, 0.1) is 5.92 Å². The maximum atomic E-state index is 12.6. The van der Waals surface area contributed by atoms with Gasteiger partial charge in [-0.05, 0) is 5.92 Å². The normalized spacial score (nSPS) is 19.2. The second-order valence-electron chi connectivity index (χ2n) is 3.91. The highest BCUT2D eigenvalue weighted by molar-refractivity contribution is 5.86. The van der Waals surface area contributed by atoms with Crippen LogP contribution in [-0.2, 0) is 11.3 Å². The number of methoxy groups -OCH3 is 1. The topological polar surface area (TPSA) is 57.0 Å². The number of esters is 1. The molecule has 7 heteroatoms. The minimum atomic E-state index is -2.54. The molecular formula is C9H11F2N3O2. The molecule has 1 saturated carbocycles. The summed E-state index contributed by atoms with van der Waals surface area (Å²) in [7, 11) is 1.24. The average Bonchev–Trinajstić information content (AvgIpc) is 2.62. The van der Waals surface area contributed by atoms with Crippen molar-refractivity contribution in [2.24, 2.45) is 5.92 Å². The van der Waals surface area contributed by atoms with Crippen LogP contribution in [0.25, 0.3) is 0 Å². The van der Waals surface area contributed by atoms with E-state index in [9.17, 15) is 13.6 Å². The van der Waals surface area contributed by atoms with E-state index in [1.54, 1.807) is 0 Å². The van der Waals surface area contributed by atoms with Gasteiger partial charge in [-0.15, -0.1) is 5.10 Å². The van der Waals surface area contributed by atoms with Crippen molar-refractivity contribution in [3.8, 4) is 0 Å². The summed E-state index contributed by atoms with van der Waals surface area (Å²) >= 11 is 0. The van der Waals surface area contributed by atoms with Crippen molar-refractivity contribution in [1.82, 2.24) is 15.0 Å². The lowest BCUT2D eigenvalue weighted by atomic mass is 9.81. The molecule has 0 N–H and O–H groups in total. The van der Waals surface area contributed by atoms with Gasteiger partial charge in [0.25, 0.3) is 0 Å². The van der Waals surface area contributed by atoms with Gasteiger partial charge >= 0.3 is 5.97 Å². The summed E-state index contributed by atoms with van der Waals surface area (Å²) in [6.45, 7) is 0.312. The lowest BCUT2D eigenvalue weighted by molar-refractivity contribution is -0.115. The van der Waals surface area contributed by atoms with Crippen LogP contribution < -0.4 is 0 Å². The minimum absolute atomic E-state index is 0.0913. The van der Waals surface area contributed by atoms with Crippen LogP contribution in [0.15, 0.2) is 6.20 Å². The Labute approximate surface area is 90.4 Å². The summed E-state index contributed by atoms with van der Waals surface area (Å²) in [5, 5.41) is 7.65. The fourth-order valence-corrected chi connectivity index (χ4v) is 1.73. The molecule has 2 rings (SSSR count). The summed E-state index contributed by atoms with van der Waals surface area (Å²) in [5.41, 5.74) is 0.0913. The molecule has 5 nitrogen and oxygen atoms in total. The third-order valence-electron chi connectivity index (χ3n) is 2.53. The van der Waals surface area contributed by atoms with Crippen molar-refractivity contribution in [2.75, 3.05) is 7.11 Å². The van der Waals surface area contributed by atoms with Gasteiger partial charge in [0.15, 0.2) is 5.69 Å². The quantitative estimate of drug-likeness (QED) is 0.731. The van der Waals surface area contributed by atoms with Crippen LogP contribution in [0.1, 0.15) is 23.3 Å². The van der Waals surface area contributed by atoms with Gasteiger partial charge in [-0.25, -0.2) is 13.6 Å². The number of aromatic nitrogens is 3. The molecule has 0 radical (unpaired) electrons. The molecule has 88 valence electrons. The fourth-order valence-electron chi connectivity index (χ4n) is 1.73.